The van der Waals surface area contributed by atoms with Crippen molar-refractivity contribution in [1.82, 2.24) is 15.5 Å². The maximum absolute atomic E-state index is 11.9. The molecule has 1 fully saturated rings. The van der Waals surface area contributed by atoms with Gasteiger partial charge in [0.1, 0.15) is 12.4 Å². The van der Waals surface area contributed by atoms with E-state index in [-0.39, 0.29) is 36.8 Å². The summed E-state index contributed by atoms with van der Waals surface area (Å²) in [6.45, 7) is 9.57. The Hall–Kier alpha value is -1.01. The quantitative estimate of drug-likeness (QED) is 0.679. The van der Waals surface area contributed by atoms with Gasteiger partial charge in [0, 0.05) is 13.1 Å². The maximum atomic E-state index is 11.9. The van der Waals surface area contributed by atoms with E-state index in [0.29, 0.717) is 13.2 Å². The summed E-state index contributed by atoms with van der Waals surface area (Å²) < 4.78 is 5.76. The number of nitrogens with zero attached hydrogens (tertiary/aromatic N) is 1. The predicted octanol–water partition coefficient (Wildman–Crippen LogP) is 2.62. The largest absolute Gasteiger partial charge is 0.492 e. The van der Waals surface area contributed by atoms with Gasteiger partial charge < -0.3 is 20.3 Å². The summed E-state index contributed by atoms with van der Waals surface area (Å²) in [6.07, 6.45) is 2.02. The molecule has 0 radical (unpaired) electrons. The van der Waals surface area contributed by atoms with Crippen LogP contribution in [0.2, 0.25) is 0 Å². The van der Waals surface area contributed by atoms with Gasteiger partial charge >= 0.3 is 0 Å². The van der Waals surface area contributed by atoms with Crippen molar-refractivity contribution in [3.63, 3.8) is 0 Å². The molecule has 1 aliphatic heterocycles. The number of nitrogens with one attached hydrogen (secondary N) is 2. The molecule has 0 bridgehead atoms. The van der Waals surface area contributed by atoms with Crippen molar-refractivity contribution in [2.45, 2.75) is 39.3 Å². The number of rotatable bonds is 9. The molecule has 1 heterocycles. The van der Waals surface area contributed by atoms with E-state index in [1.807, 2.05) is 24.3 Å². The molecule has 1 aromatic carbocycles. The molecule has 1 amide bonds. The molecule has 1 aromatic rings. The third kappa shape index (κ3) is 8.27. The molecular formula is C18H31Cl2N3O2. The second-order valence-corrected chi connectivity index (χ2v) is 5.89. The van der Waals surface area contributed by atoms with Crippen LogP contribution < -0.4 is 15.4 Å². The Morgan fingerprint density at radius 1 is 1.24 bits per heavy atom. The number of likely N-dealkylation sites (N-methyl/N-ethyl adjacent to an activating group) is 1. The summed E-state index contributed by atoms with van der Waals surface area (Å²) in [6, 6.07) is 7.94. The van der Waals surface area contributed by atoms with Crippen LogP contribution in [0.15, 0.2) is 24.3 Å². The Balaban J connectivity index is 0.00000288. The van der Waals surface area contributed by atoms with Gasteiger partial charge in [0.05, 0.1) is 6.04 Å². The summed E-state index contributed by atoms with van der Waals surface area (Å²) in [5, 5.41) is 6.19. The van der Waals surface area contributed by atoms with E-state index in [9.17, 15) is 4.79 Å². The Morgan fingerprint density at radius 3 is 2.48 bits per heavy atom. The summed E-state index contributed by atoms with van der Waals surface area (Å²) >= 11 is 0. The number of hydrogen-bond donors (Lipinski definition) is 2. The molecule has 1 aliphatic rings. The molecule has 1 saturated heterocycles. The monoisotopic (exact) mass is 391 g/mol. The van der Waals surface area contributed by atoms with Crippen LogP contribution in [-0.2, 0) is 11.3 Å². The van der Waals surface area contributed by atoms with E-state index in [4.69, 9.17) is 4.74 Å². The van der Waals surface area contributed by atoms with Crippen LogP contribution in [0.1, 0.15) is 32.3 Å². The molecule has 144 valence electrons. The average molecular weight is 392 g/mol. The highest BCUT2D eigenvalue weighted by Gasteiger charge is 2.21. The van der Waals surface area contributed by atoms with Gasteiger partial charge in [-0.2, -0.15) is 0 Å². The van der Waals surface area contributed by atoms with Crippen LogP contribution in [0.25, 0.3) is 0 Å². The highest BCUT2D eigenvalue weighted by Crippen LogP contribution is 2.12. The molecule has 0 aliphatic carbocycles. The number of amides is 1. The first-order chi connectivity index (χ1) is 11.2. The number of halogens is 2. The standard InChI is InChI=1S/C18H29N3O2.2ClH/c1-3-21(4-2)12-13-23-16-9-7-15(8-10-16)14-20-18(22)17-6-5-11-19-17;;/h7-10,17,19H,3-6,11-14H2,1-2H3,(H,20,22);2*1H. The van der Waals surface area contributed by atoms with Gasteiger partial charge in [-0.1, -0.05) is 26.0 Å². The minimum Gasteiger partial charge on any atom is -0.492 e. The lowest BCUT2D eigenvalue weighted by Gasteiger charge is -2.18. The molecule has 2 N–H and O–H groups in total. The fourth-order valence-electron chi connectivity index (χ4n) is 2.76. The van der Waals surface area contributed by atoms with Crippen molar-refractivity contribution < 1.29 is 9.53 Å². The van der Waals surface area contributed by atoms with Gasteiger partial charge in [-0.3, -0.25) is 4.79 Å². The summed E-state index contributed by atoms with van der Waals surface area (Å²) in [5.41, 5.74) is 1.09. The third-order valence-electron chi connectivity index (χ3n) is 4.34. The van der Waals surface area contributed by atoms with Gasteiger partial charge in [-0.15, -0.1) is 24.8 Å². The molecule has 2 rings (SSSR count). The van der Waals surface area contributed by atoms with E-state index in [1.165, 1.54) is 0 Å². The first kappa shape index (κ1) is 24.0. The van der Waals surface area contributed by atoms with Gasteiger partial charge in [-0.05, 0) is 50.2 Å². The Labute approximate surface area is 163 Å². The average Bonchev–Trinajstić information content (AvgIpc) is 3.12. The SMILES string of the molecule is CCN(CC)CCOc1ccc(CNC(=O)C2CCCN2)cc1.Cl.Cl. The van der Waals surface area contributed by atoms with Crippen molar-refractivity contribution in [3.05, 3.63) is 29.8 Å². The minimum absolute atomic E-state index is 0. The molecule has 0 aromatic heterocycles. The Kier molecular flexibility index (Phi) is 12.7. The third-order valence-corrected chi connectivity index (χ3v) is 4.34. The first-order valence-corrected chi connectivity index (χ1v) is 8.68. The number of benzene rings is 1. The van der Waals surface area contributed by atoms with Crippen molar-refractivity contribution in [3.8, 4) is 5.75 Å². The lowest BCUT2D eigenvalue weighted by molar-refractivity contribution is -0.122. The molecule has 0 spiro atoms. The van der Waals surface area contributed by atoms with Gasteiger partial charge in [-0.25, -0.2) is 0 Å². The van der Waals surface area contributed by atoms with Crippen LogP contribution in [0.4, 0.5) is 0 Å². The van der Waals surface area contributed by atoms with Crippen LogP contribution in [-0.4, -0.2) is 49.6 Å². The van der Waals surface area contributed by atoms with E-state index < -0.39 is 0 Å². The van der Waals surface area contributed by atoms with E-state index in [2.05, 4.69) is 29.4 Å². The van der Waals surface area contributed by atoms with Crippen LogP contribution >= 0.6 is 24.8 Å². The minimum atomic E-state index is -0.0160. The summed E-state index contributed by atoms with van der Waals surface area (Å²) in [5.74, 6) is 0.978. The van der Waals surface area contributed by atoms with Crippen LogP contribution in [0.5, 0.6) is 5.75 Å². The molecule has 1 atom stereocenters. The highest BCUT2D eigenvalue weighted by molar-refractivity contribution is 5.85. The van der Waals surface area contributed by atoms with Gasteiger partial charge in [0.15, 0.2) is 0 Å². The van der Waals surface area contributed by atoms with Crippen molar-refractivity contribution in [2.75, 3.05) is 32.8 Å². The van der Waals surface area contributed by atoms with Crippen molar-refractivity contribution >= 4 is 30.7 Å². The second-order valence-electron chi connectivity index (χ2n) is 5.89. The Bertz CT molecular complexity index is 476. The molecule has 0 saturated carbocycles. The lowest BCUT2D eigenvalue weighted by atomic mass is 10.2. The normalized spacial score (nSPS) is 16.0. The zero-order chi connectivity index (χ0) is 16.5. The highest BCUT2D eigenvalue weighted by atomic mass is 35.5. The topological polar surface area (TPSA) is 53.6 Å². The summed E-state index contributed by atoms with van der Waals surface area (Å²) in [7, 11) is 0. The number of ether oxygens (including phenoxy) is 1. The zero-order valence-electron chi connectivity index (χ0n) is 15.1. The zero-order valence-corrected chi connectivity index (χ0v) is 16.8. The van der Waals surface area contributed by atoms with Gasteiger partial charge in [0.2, 0.25) is 5.91 Å². The fraction of sp³-hybridized carbons (Fsp3) is 0.611. The van der Waals surface area contributed by atoms with Crippen LogP contribution in [0.3, 0.4) is 0 Å². The van der Waals surface area contributed by atoms with E-state index >= 15 is 0 Å². The van der Waals surface area contributed by atoms with Crippen LogP contribution in [0, 0.1) is 0 Å². The number of carbonyl (C=O) groups is 1. The summed E-state index contributed by atoms with van der Waals surface area (Å²) in [4.78, 5) is 14.3. The number of carbonyl (C=O) groups excluding carboxylic acids is 1. The fourth-order valence-corrected chi connectivity index (χ4v) is 2.76. The van der Waals surface area contributed by atoms with Gasteiger partial charge in [0.25, 0.3) is 0 Å². The molecule has 5 nitrogen and oxygen atoms in total. The van der Waals surface area contributed by atoms with E-state index in [0.717, 1.165) is 50.3 Å². The lowest BCUT2D eigenvalue weighted by Crippen LogP contribution is -2.39. The molecular weight excluding hydrogens is 361 g/mol. The first-order valence-electron chi connectivity index (χ1n) is 8.68. The van der Waals surface area contributed by atoms with Crippen molar-refractivity contribution in [2.24, 2.45) is 0 Å². The molecule has 25 heavy (non-hydrogen) atoms. The van der Waals surface area contributed by atoms with E-state index in [1.54, 1.807) is 0 Å². The second kappa shape index (κ2) is 13.2. The maximum Gasteiger partial charge on any atom is 0.237 e. The smallest absolute Gasteiger partial charge is 0.237 e. The van der Waals surface area contributed by atoms with Crippen molar-refractivity contribution in [1.29, 1.82) is 0 Å². The predicted molar refractivity (Wildman–Crippen MR) is 107 cm³/mol. The number of hydrogen-bond acceptors (Lipinski definition) is 4. The molecule has 7 heteroatoms. The molecule has 1 unspecified atom stereocenters. The Morgan fingerprint density at radius 2 is 1.92 bits per heavy atom.